The highest BCUT2D eigenvalue weighted by Crippen LogP contribution is 2.29. The lowest BCUT2D eigenvalue weighted by Crippen LogP contribution is -2.40. The van der Waals surface area contributed by atoms with Crippen molar-refractivity contribution in [2.75, 3.05) is 11.5 Å². The number of carbonyl (C=O) groups is 1. The number of cyclic esters (lactones) is 1. The van der Waals surface area contributed by atoms with Crippen LogP contribution in [0.4, 0.5) is 19.4 Å². The van der Waals surface area contributed by atoms with Gasteiger partial charge in [-0.3, -0.25) is 0 Å². The first-order chi connectivity index (χ1) is 14.8. The summed E-state index contributed by atoms with van der Waals surface area (Å²) >= 11 is 0. The summed E-state index contributed by atoms with van der Waals surface area (Å²) in [6, 6.07) is 8.80. The highest BCUT2D eigenvalue weighted by atomic mass is 19.1. The molecule has 1 aliphatic heterocycles. The van der Waals surface area contributed by atoms with E-state index in [1.807, 2.05) is 44.2 Å². The summed E-state index contributed by atoms with van der Waals surface area (Å²) in [7, 11) is 0. The van der Waals surface area contributed by atoms with Crippen molar-refractivity contribution in [3.8, 4) is 11.3 Å². The molecule has 162 valence electrons. The summed E-state index contributed by atoms with van der Waals surface area (Å²) in [5.41, 5.74) is 2.75. The van der Waals surface area contributed by atoms with E-state index < -0.39 is 24.1 Å². The van der Waals surface area contributed by atoms with Crippen LogP contribution < -0.4 is 4.90 Å². The van der Waals surface area contributed by atoms with Gasteiger partial charge in [0.15, 0.2) is 17.4 Å². The maximum absolute atomic E-state index is 14.4. The molecule has 0 saturated carbocycles. The second-order valence-electron chi connectivity index (χ2n) is 7.74. The number of hydrogen-bond acceptors (Lipinski definition) is 6. The Balaban J connectivity index is 1.54. The normalized spacial score (nSPS) is 18.2. The van der Waals surface area contributed by atoms with Gasteiger partial charge in [0.05, 0.1) is 11.9 Å². The molecule has 3 atom stereocenters. The Morgan fingerprint density at radius 3 is 2.71 bits per heavy atom. The molecule has 1 fully saturated rings. The summed E-state index contributed by atoms with van der Waals surface area (Å²) in [4.78, 5) is 21.2. The van der Waals surface area contributed by atoms with Crippen LogP contribution in [0.15, 0.2) is 41.1 Å². The molecule has 0 bridgehead atoms. The quantitative estimate of drug-likeness (QED) is 0.570. The van der Waals surface area contributed by atoms with E-state index in [4.69, 9.17) is 9.26 Å². The van der Waals surface area contributed by atoms with Gasteiger partial charge in [0.25, 0.3) is 0 Å². The van der Waals surface area contributed by atoms with E-state index in [0.717, 1.165) is 22.2 Å². The molecular weight excluding hydrogens is 406 g/mol. The molecule has 0 N–H and O–H groups in total. The van der Waals surface area contributed by atoms with E-state index in [0.29, 0.717) is 23.7 Å². The van der Waals surface area contributed by atoms with Gasteiger partial charge in [-0.25, -0.2) is 28.4 Å². The summed E-state index contributed by atoms with van der Waals surface area (Å²) in [6.07, 6.45) is -0.925. The zero-order chi connectivity index (χ0) is 22.1. The molecule has 1 aliphatic rings. The van der Waals surface area contributed by atoms with Crippen molar-refractivity contribution < 1.29 is 22.8 Å². The molecule has 9 heteroatoms. The van der Waals surface area contributed by atoms with Crippen LogP contribution >= 0.6 is 0 Å². The van der Waals surface area contributed by atoms with Gasteiger partial charge < -0.3 is 9.26 Å². The van der Waals surface area contributed by atoms with Crippen molar-refractivity contribution in [2.24, 2.45) is 0 Å². The van der Waals surface area contributed by atoms with Crippen LogP contribution in [-0.2, 0) is 11.2 Å². The van der Waals surface area contributed by atoms with Crippen LogP contribution in [0.25, 0.3) is 11.3 Å². The van der Waals surface area contributed by atoms with Crippen molar-refractivity contribution in [3.63, 3.8) is 0 Å². The molecule has 1 amide bonds. The summed E-state index contributed by atoms with van der Waals surface area (Å²) in [5.74, 6) is -0.294. The van der Waals surface area contributed by atoms with E-state index in [2.05, 4.69) is 15.1 Å². The second-order valence-corrected chi connectivity index (χ2v) is 7.74. The second kappa shape index (κ2) is 8.41. The van der Waals surface area contributed by atoms with Crippen LogP contribution in [0.3, 0.4) is 0 Å². The lowest BCUT2D eigenvalue weighted by Gasteiger charge is -2.22. The predicted octanol–water partition coefficient (Wildman–Crippen LogP) is 4.61. The van der Waals surface area contributed by atoms with E-state index in [-0.39, 0.29) is 18.3 Å². The third-order valence-corrected chi connectivity index (χ3v) is 5.30. The number of anilines is 1. The van der Waals surface area contributed by atoms with Crippen LogP contribution in [-0.4, -0.2) is 40.0 Å². The Labute approximate surface area is 178 Å². The van der Waals surface area contributed by atoms with Crippen molar-refractivity contribution in [3.05, 3.63) is 59.4 Å². The molecular formula is C22H22F2N4O3. The number of ether oxygens (including phenoxy) is 1. The Bertz CT molecular complexity index is 1080. The van der Waals surface area contributed by atoms with Gasteiger partial charge in [-0.1, -0.05) is 41.9 Å². The van der Waals surface area contributed by atoms with Crippen LogP contribution in [0.5, 0.6) is 0 Å². The average Bonchev–Trinajstić information content (AvgIpc) is 3.37. The largest absolute Gasteiger partial charge is 0.447 e. The van der Waals surface area contributed by atoms with Gasteiger partial charge in [-0.05, 0) is 13.8 Å². The molecule has 7 nitrogen and oxygen atoms in total. The highest BCUT2D eigenvalue weighted by molar-refractivity contribution is 5.89. The highest BCUT2D eigenvalue weighted by Gasteiger charge is 2.40. The maximum Gasteiger partial charge on any atom is 0.416 e. The SMILES string of the molecule is Cc1ccc(-c2cc([C@H](C)Cc3ncc(F)c(N4C(=O)OC[C@@H]4[C@@H](C)F)n3)no2)cc1. The minimum Gasteiger partial charge on any atom is -0.447 e. The predicted molar refractivity (Wildman–Crippen MR) is 109 cm³/mol. The molecule has 2 aromatic heterocycles. The number of aromatic nitrogens is 3. The van der Waals surface area contributed by atoms with Gasteiger partial charge in [-0.15, -0.1) is 0 Å². The molecule has 1 saturated heterocycles. The standard InChI is InChI=1S/C22H22F2N4O3/c1-12-4-6-15(7-5-12)19-9-17(27-31-19)13(2)8-20-25-10-16(24)21(26-20)28-18(14(3)23)11-30-22(28)29/h4-7,9-10,13-14,18H,8,11H2,1-3H3/t13-,14-,18-/m1/s1. The Morgan fingerprint density at radius 1 is 1.26 bits per heavy atom. The molecule has 3 heterocycles. The van der Waals surface area contributed by atoms with Crippen molar-refractivity contribution in [1.29, 1.82) is 0 Å². The molecule has 0 unspecified atom stereocenters. The van der Waals surface area contributed by atoms with Crippen molar-refractivity contribution in [2.45, 2.75) is 45.3 Å². The summed E-state index contributed by atoms with van der Waals surface area (Å²) in [5, 5.41) is 4.14. The van der Waals surface area contributed by atoms with Crippen LogP contribution in [0, 0.1) is 12.7 Å². The molecule has 0 radical (unpaired) electrons. The first-order valence-electron chi connectivity index (χ1n) is 9.98. The van der Waals surface area contributed by atoms with Gasteiger partial charge in [0.2, 0.25) is 0 Å². The minimum atomic E-state index is -1.40. The minimum absolute atomic E-state index is 0.136. The Kier molecular flexibility index (Phi) is 5.67. The maximum atomic E-state index is 14.4. The lowest BCUT2D eigenvalue weighted by molar-refractivity contribution is 0.174. The van der Waals surface area contributed by atoms with E-state index in [1.54, 1.807) is 0 Å². The number of rotatable bonds is 6. The third-order valence-electron chi connectivity index (χ3n) is 5.30. The summed E-state index contributed by atoms with van der Waals surface area (Å²) in [6.45, 7) is 5.05. The molecule has 0 spiro atoms. The van der Waals surface area contributed by atoms with E-state index in [9.17, 15) is 13.6 Å². The fourth-order valence-corrected chi connectivity index (χ4v) is 3.43. The zero-order valence-electron chi connectivity index (χ0n) is 17.4. The molecule has 4 rings (SSSR count). The van der Waals surface area contributed by atoms with Gasteiger partial charge in [-0.2, -0.15) is 0 Å². The van der Waals surface area contributed by atoms with Gasteiger partial charge in [0.1, 0.15) is 24.6 Å². The first kappa shape index (κ1) is 20.9. The van der Waals surface area contributed by atoms with Crippen LogP contribution in [0.1, 0.15) is 36.8 Å². The Morgan fingerprint density at radius 2 is 2.00 bits per heavy atom. The number of amides is 1. The monoisotopic (exact) mass is 428 g/mol. The molecule has 3 aromatic rings. The molecule has 0 aliphatic carbocycles. The zero-order valence-corrected chi connectivity index (χ0v) is 17.4. The topological polar surface area (TPSA) is 81.4 Å². The number of alkyl halides is 1. The Hall–Kier alpha value is -3.36. The van der Waals surface area contributed by atoms with Crippen LogP contribution in [0.2, 0.25) is 0 Å². The van der Waals surface area contributed by atoms with Gasteiger partial charge in [0, 0.05) is 24.0 Å². The van der Waals surface area contributed by atoms with Crippen molar-refractivity contribution >= 4 is 11.9 Å². The fourth-order valence-electron chi connectivity index (χ4n) is 3.43. The molecule has 1 aromatic carbocycles. The fraction of sp³-hybridized carbons (Fsp3) is 0.364. The van der Waals surface area contributed by atoms with E-state index >= 15 is 0 Å². The molecule has 31 heavy (non-hydrogen) atoms. The average molecular weight is 428 g/mol. The number of hydrogen-bond donors (Lipinski definition) is 0. The first-order valence-corrected chi connectivity index (χ1v) is 9.98. The number of halogens is 2. The lowest BCUT2D eigenvalue weighted by atomic mass is 10.0. The number of benzene rings is 1. The van der Waals surface area contributed by atoms with E-state index in [1.165, 1.54) is 6.92 Å². The third kappa shape index (κ3) is 4.26. The van der Waals surface area contributed by atoms with Crippen molar-refractivity contribution in [1.82, 2.24) is 15.1 Å². The number of aryl methyl sites for hydroxylation is 1. The van der Waals surface area contributed by atoms with Gasteiger partial charge >= 0.3 is 6.09 Å². The summed E-state index contributed by atoms with van der Waals surface area (Å²) < 4.78 is 38.6. The smallest absolute Gasteiger partial charge is 0.416 e. The number of carbonyl (C=O) groups excluding carboxylic acids is 1. The number of nitrogens with zero attached hydrogens (tertiary/aromatic N) is 4.